The van der Waals surface area contributed by atoms with Crippen LogP contribution in [0.2, 0.25) is 0 Å². The second-order valence-corrected chi connectivity index (χ2v) is 6.61. The van der Waals surface area contributed by atoms with Crippen LogP contribution < -0.4 is 10.1 Å². The number of rotatable bonds is 7. The first kappa shape index (κ1) is 18.0. The zero-order valence-electron chi connectivity index (χ0n) is 13.9. The number of ether oxygens (including phenoxy) is 1. The first-order valence-electron chi connectivity index (χ1n) is 7.38. The van der Waals surface area contributed by atoms with Gasteiger partial charge < -0.3 is 15.2 Å². The number of anilines is 1. The molecule has 0 unspecified atom stereocenters. The van der Waals surface area contributed by atoms with Gasteiger partial charge in [-0.25, -0.2) is 0 Å². The summed E-state index contributed by atoms with van der Waals surface area (Å²) in [6, 6.07) is 5.46. The Bertz CT molecular complexity index is 550. The van der Waals surface area contributed by atoms with E-state index < -0.39 is 11.4 Å². The minimum atomic E-state index is -0.899. The van der Waals surface area contributed by atoms with Gasteiger partial charge in [-0.3, -0.25) is 9.59 Å². The van der Waals surface area contributed by atoms with Crippen molar-refractivity contribution in [2.45, 2.75) is 53.6 Å². The fourth-order valence-electron chi connectivity index (χ4n) is 2.23. The molecule has 1 aromatic rings. The quantitative estimate of drug-likeness (QED) is 0.807. The van der Waals surface area contributed by atoms with Crippen LogP contribution in [0.3, 0.4) is 0 Å². The second-order valence-electron chi connectivity index (χ2n) is 6.61. The predicted molar refractivity (Wildman–Crippen MR) is 86.2 cm³/mol. The Kier molecular flexibility index (Phi) is 5.97. The van der Waals surface area contributed by atoms with Gasteiger partial charge in [0.2, 0.25) is 5.91 Å². The number of carboxylic acid groups (broad SMARTS) is 1. The van der Waals surface area contributed by atoms with Crippen LogP contribution in [-0.4, -0.2) is 23.1 Å². The third kappa shape index (κ3) is 6.16. The fourth-order valence-corrected chi connectivity index (χ4v) is 2.23. The lowest BCUT2D eigenvalue weighted by Crippen LogP contribution is -2.24. The molecule has 5 nitrogen and oxygen atoms in total. The van der Waals surface area contributed by atoms with Crippen molar-refractivity contribution in [3.8, 4) is 5.75 Å². The third-order valence-corrected chi connectivity index (χ3v) is 3.09. The molecule has 0 heterocycles. The van der Waals surface area contributed by atoms with Gasteiger partial charge in [-0.15, -0.1) is 0 Å². The molecular formula is C17H25NO4. The predicted octanol–water partition coefficient (Wildman–Crippen LogP) is 3.61. The van der Waals surface area contributed by atoms with E-state index in [9.17, 15) is 9.59 Å². The molecule has 1 rings (SSSR count). The lowest BCUT2D eigenvalue weighted by molar-refractivity contribution is -0.139. The van der Waals surface area contributed by atoms with Gasteiger partial charge in [0.05, 0.1) is 12.5 Å². The molecule has 22 heavy (non-hydrogen) atoms. The molecule has 0 aliphatic rings. The molecular weight excluding hydrogens is 282 g/mol. The van der Waals surface area contributed by atoms with Crippen LogP contribution in [0.4, 0.5) is 5.69 Å². The topological polar surface area (TPSA) is 75.6 Å². The molecule has 0 spiro atoms. The van der Waals surface area contributed by atoms with Gasteiger partial charge in [-0.05, 0) is 49.9 Å². The molecule has 0 aliphatic heterocycles. The minimum Gasteiger partial charge on any atom is -0.491 e. The van der Waals surface area contributed by atoms with E-state index in [1.165, 1.54) is 0 Å². The Hall–Kier alpha value is -2.04. The SMILES string of the molecule is Cc1cc(NC(=O)CC(C)(C)CC(=O)O)ccc1OC(C)C. The zero-order chi connectivity index (χ0) is 16.9. The minimum absolute atomic E-state index is 0.0411. The summed E-state index contributed by atoms with van der Waals surface area (Å²) in [5.74, 6) is -0.300. The Balaban J connectivity index is 2.69. The third-order valence-electron chi connectivity index (χ3n) is 3.09. The first-order chi connectivity index (χ1) is 10.1. The van der Waals surface area contributed by atoms with Crippen molar-refractivity contribution in [3.63, 3.8) is 0 Å². The molecule has 0 atom stereocenters. The number of carboxylic acids is 1. The smallest absolute Gasteiger partial charge is 0.303 e. The highest BCUT2D eigenvalue weighted by molar-refractivity contribution is 5.91. The van der Waals surface area contributed by atoms with Gasteiger partial charge in [0.25, 0.3) is 0 Å². The second kappa shape index (κ2) is 7.29. The summed E-state index contributed by atoms with van der Waals surface area (Å²) in [4.78, 5) is 22.8. The van der Waals surface area contributed by atoms with Gasteiger partial charge in [0.1, 0.15) is 5.75 Å². The summed E-state index contributed by atoms with van der Waals surface area (Å²) in [6.07, 6.45) is 0.208. The van der Waals surface area contributed by atoms with Crippen LogP contribution in [0, 0.1) is 12.3 Å². The van der Waals surface area contributed by atoms with E-state index in [2.05, 4.69) is 5.32 Å². The Labute approximate surface area is 131 Å². The van der Waals surface area contributed by atoms with Crippen molar-refractivity contribution >= 4 is 17.6 Å². The van der Waals surface area contributed by atoms with Gasteiger partial charge >= 0.3 is 5.97 Å². The number of hydrogen-bond acceptors (Lipinski definition) is 3. The van der Waals surface area contributed by atoms with Crippen LogP contribution in [-0.2, 0) is 9.59 Å². The highest BCUT2D eigenvalue weighted by atomic mass is 16.5. The number of carbonyl (C=O) groups excluding carboxylic acids is 1. The molecule has 0 radical (unpaired) electrons. The molecule has 0 bridgehead atoms. The van der Waals surface area contributed by atoms with E-state index in [0.717, 1.165) is 11.3 Å². The van der Waals surface area contributed by atoms with Crippen molar-refractivity contribution < 1.29 is 19.4 Å². The molecule has 1 amide bonds. The van der Waals surface area contributed by atoms with Crippen LogP contribution in [0.1, 0.15) is 46.1 Å². The average molecular weight is 307 g/mol. The van der Waals surface area contributed by atoms with Crippen molar-refractivity contribution in [3.05, 3.63) is 23.8 Å². The van der Waals surface area contributed by atoms with E-state index >= 15 is 0 Å². The number of benzene rings is 1. The molecule has 0 aliphatic carbocycles. The summed E-state index contributed by atoms with van der Waals surface area (Å²) in [5.41, 5.74) is 1.05. The maximum Gasteiger partial charge on any atom is 0.303 e. The van der Waals surface area contributed by atoms with Crippen LogP contribution in [0.25, 0.3) is 0 Å². The molecule has 2 N–H and O–H groups in total. The number of carbonyl (C=O) groups is 2. The molecule has 0 fully saturated rings. The van der Waals surface area contributed by atoms with Crippen LogP contribution >= 0.6 is 0 Å². The van der Waals surface area contributed by atoms with Gasteiger partial charge in [-0.1, -0.05) is 13.8 Å². The Morgan fingerprint density at radius 3 is 2.41 bits per heavy atom. The van der Waals surface area contributed by atoms with Crippen molar-refractivity contribution in [2.24, 2.45) is 5.41 Å². The molecule has 122 valence electrons. The molecule has 0 aromatic heterocycles. The lowest BCUT2D eigenvalue weighted by Gasteiger charge is -2.21. The van der Waals surface area contributed by atoms with E-state index in [-0.39, 0.29) is 24.9 Å². The average Bonchev–Trinajstić information content (AvgIpc) is 2.29. The van der Waals surface area contributed by atoms with Crippen molar-refractivity contribution in [1.29, 1.82) is 0 Å². The summed E-state index contributed by atoms with van der Waals surface area (Å²) >= 11 is 0. The number of aliphatic carboxylic acids is 1. The summed E-state index contributed by atoms with van der Waals surface area (Å²) in [6.45, 7) is 9.37. The highest BCUT2D eigenvalue weighted by Gasteiger charge is 2.25. The number of amides is 1. The van der Waals surface area contributed by atoms with E-state index in [0.29, 0.717) is 5.69 Å². The van der Waals surface area contributed by atoms with E-state index in [1.807, 2.05) is 32.9 Å². The van der Waals surface area contributed by atoms with Gasteiger partial charge in [-0.2, -0.15) is 0 Å². The van der Waals surface area contributed by atoms with Crippen molar-refractivity contribution in [2.75, 3.05) is 5.32 Å². The number of nitrogens with one attached hydrogen (secondary N) is 1. The van der Waals surface area contributed by atoms with E-state index in [4.69, 9.17) is 9.84 Å². The molecule has 0 saturated carbocycles. The van der Waals surface area contributed by atoms with Crippen LogP contribution in [0.15, 0.2) is 18.2 Å². The van der Waals surface area contributed by atoms with E-state index in [1.54, 1.807) is 19.9 Å². The van der Waals surface area contributed by atoms with Crippen LogP contribution in [0.5, 0.6) is 5.75 Å². The van der Waals surface area contributed by atoms with Gasteiger partial charge in [0, 0.05) is 12.1 Å². The van der Waals surface area contributed by atoms with Gasteiger partial charge in [0.15, 0.2) is 0 Å². The largest absolute Gasteiger partial charge is 0.491 e. The standard InChI is InChI=1S/C17H25NO4/c1-11(2)22-14-7-6-13(8-12(14)3)18-15(19)9-17(4,5)10-16(20)21/h6-8,11H,9-10H2,1-5H3,(H,18,19)(H,20,21). The fraction of sp³-hybridized carbons (Fsp3) is 0.529. The first-order valence-corrected chi connectivity index (χ1v) is 7.38. The summed E-state index contributed by atoms with van der Waals surface area (Å²) in [5, 5.41) is 11.7. The monoisotopic (exact) mass is 307 g/mol. The maximum atomic E-state index is 12.0. The number of hydrogen-bond donors (Lipinski definition) is 2. The molecule has 1 aromatic carbocycles. The maximum absolute atomic E-state index is 12.0. The summed E-state index contributed by atoms with van der Waals surface area (Å²) in [7, 11) is 0. The normalized spacial score (nSPS) is 11.4. The summed E-state index contributed by atoms with van der Waals surface area (Å²) < 4.78 is 5.65. The number of aryl methyl sites for hydroxylation is 1. The Morgan fingerprint density at radius 1 is 1.27 bits per heavy atom. The molecule has 5 heteroatoms. The highest BCUT2D eigenvalue weighted by Crippen LogP contribution is 2.27. The Morgan fingerprint density at radius 2 is 1.91 bits per heavy atom. The zero-order valence-corrected chi connectivity index (χ0v) is 13.9. The lowest BCUT2D eigenvalue weighted by atomic mass is 9.85. The van der Waals surface area contributed by atoms with Crippen molar-refractivity contribution in [1.82, 2.24) is 0 Å². The molecule has 0 saturated heterocycles.